The predicted octanol–water partition coefficient (Wildman–Crippen LogP) is 2.64. The van der Waals surface area contributed by atoms with Crippen LogP contribution in [-0.4, -0.2) is 43.2 Å². The van der Waals surface area contributed by atoms with Gasteiger partial charge >= 0.3 is 0 Å². The van der Waals surface area contributed by atoms with Crippen molar-refractivity contribution in [2.45, 2.75) is 44.6 Å². The minimum atomic E-state index is 0.167. The summed E-state index contributed by atoms with van der Waals surface area (Å²) in [6, 6.07) is 8.94. The molecule has 116 valence electrons. The van der Waals surface area contributed by atoms with Crippen LogP contribution in [0.2, 0.25) is 0 Å². The Morgan fingerprint density at radius 3 is 2.76 bits per heavy atom. The van der Waals surface area contributed by atoms with Crippen LogP contribution in [0.25, 0.3) is 0 Å². The van der Waals surface area contributed by atoms with E-state index in [0.29, 0.717) is 0 Å². The lowest BCUT2D eigenvalue weighted by Gasteiger charge is -2.47. The van der Waals surface area contributed by atoms with Gasteiger partial charge in [0.05, 0.1) is 5.54 Å². The second-order valence-corrected chi connectivity index (χ2v) is 6.60. The molecule has 1 atom stereocenters. The first-order chi connectivity index (χ1) is 10.3. The van der Waals surface area contributed by atoms with Gasteiger partial charge < -0.3 is 15.5 Å². The topological polar surface area (TPSA) is 32.5 Å². The summed E-state index contributed by atoms with van der Waals surface area (Å²) in [5, 5.41) is 0. The Kier molecular flexibility index (Phi) is 4.51. The zero-order valence-electron chi connectivity index (χ0n) is 13.4. The Labute approximate surface area is 129 Å². The van der Waals surface area contributed by atoms with Crippen molar-refractivity contribution >= 4 is 5.69 Å². The molecule has 1 aromatic carbocycles. The normalized spacial score (nSPS) is 27.2. The highest BCUT2D eigenvalue weighted by Crippen LogP contribution is 2.37. The summed E-state index contributed by atoms with van der Waals surface area (Å²) in [4.78, 5) is 5.23. The summed E-state index contributed by atoms with van der Waals surface area (Å²) < 4.78 is 0. The molecule has 1 fully saturated rings. The van der Waals surface area contributed by atoms with E-state index in [9.17, 15) is 0 Å². The lowest BCUT2D eigenvalue weighted by Crippen LogP contribution is -2.56. The molecule has 0 spiro atoms. The van der Waals surface area contributed by atoms with Crippen LogP contribution in [0.3, 0.4) is 0 Å². The van der Waals surface area contributed by atoms with Crippen LogP contribution >= 0.6 is 0 Å². The summed E-state index contributed by atoms with van der Waals surface area (Å²) >= 11 is 0. The number of nitrogens with zero attached hydrogens (tertiary/aromatic N) is 2. The summed E-state index contributed by atoms with van der Waals surface area (Å²) in [7, 11) is 0. The van der Waals surface area contributed by atoms with E-state index in [0.717, 1.165) is 13.1 Å². The summed E-state index contributed by atoms with van der Waals surface area (Å²) in [6.07, 6.45) is 6.17. The van der Waals surface area contributed by atoms with Gasteiger partial charge in [0.2, 0.25) is 0 Å². The van der Waals surface area contributed by atoms with Crippen molar-refractivity contribution < 1.29 is 0 Å². The number of para-hydroxylation sites is 1. The predicted molar refractivity (Wildman–Crippen MR) is 89.9 cm³/mol. The molecule has 3 heteroatoms. The first-order valence-corrected chi connectivity index (χ1v) is 8.57. The van der Waals surface area contributed by atoms with Gasteiger partial charge in [-0.1, -0.05) is 25.1 Å². The van der Waals surface area contributed by atoms with Crippen molar-refractivity contribution in [3.63, 3.8) is 0 Å². The summed E-state index contributed by atoms with van der Waals surface area (Å²) in [5.41, 5.74) is 9.44. The maximum atomic E-state index is 6.32. The quantitative estimate of drug-likeness (QED) is 0.927. The maximum Gasteiger partial charge on any atom is 0.0536 e. The van der Waals surface area contributed by atoms with E-state index in [4.69, 9.17) is 5.73 Å². The van der Waals surface area contributed by atoms with Crippen LogP contribution in [0.5, 0.6) is 0 Å². The van der Waals surface area contributed by atoms with E-state index in [1.807, 2.05) is 0 Å². The number of hydrogen-bond donors (Lipinski definition) is 1. The van der Waals surface area contributed by atoms with E-state index in [1.165, 1.54) is 63.0 Å². The van der Waals surface area contributed by atoms with Crippen LogP contribution in [0, 0.1) is 0 Å². The highest BCUT2D eigenvalue weighted by Gasteiger charge is 2.38. The van der Waals surface area contributed by atoms with Gasteiger partial charge in [0.25, 0.3) is 0 Å². The molecule has 0 aromatic heterocycles. The molecule has 1 unspecified atom stereocenters. The molecule has 2 aliphatic rings. The highest BCUT2D eigenvalue weighted by atomic mass is 15.2. The lowest BCUT2D eigenvalue weighted by atomic mass is 9.85. The number of rotatable bonds is 3. The Hall–Kier alpha value is -1.06. The molecule has 0 amide bonds. The molecule has 0 saturated carbocycles. The van der Waals surface area contributed by atoms with Crippen LogP contribution in [-0.2, 0) is 6.42 Å². The lowest BCUT2D eigenvalue weighted by molar-refractivity contribution is 0.284. The monoisotopic (exact) mass is 287 g/mol. The van der Waals surface area contributed by atoms with Crippen molar-refractivity contribution in [2.75, 3.05) is 37.6 Å². The van der Waals surface area contributed by atoms with Gasteiger partial charge in [-0.05, 0) is 56.8 Å². The fourth-order valence-corrected chi connectivity index (χ4v) is 4.16. The molecule has 1 aromatic rings. The molecule has 0 radical (unpaired) electrons. The second-order valence-electron chi connectivity index (χ2n) is 6.60. The number of hydrogen-bond acceptors (Lipinski definition) is 3. The number of likely N-dealkylation sites (tertiary alicyclic amines) is 1. The minimum Gasteiger partial charge on any atom is -0.364 e. The number of fused-ring (bicyclic) bond motifs is 1. The first-order valence-electron chi connectivity index (χ1n) is 8.57. The van der Waals surface area contributed by atoms with Crippen molar-refractivity contribution in [1.29, 1.82) is 0 Å². The second kappa shape index (κ2) is 6.37. The molecule has 0 aliphatic carbocycles. The van der Waals surface area contributed by atoms with Gasteiger partial charge in [-0.25, -0.2) is 0 Å². The van der Waals surface area contributed by atoms with E-state index < -0.39 is 0 Å². The summed E-state index contributed by atoms with van der Waals surface area (Å²) in [5.74, 6) is 0. The van der Waals surface area contributed by atoms with Crippen molar-refractivity contribution in [3.8, 4) is 0 Å². The molecule has 2 N–H and O–H groups in total. The molecule has 2 heterocycles. The first kappa shape index (κ1) is 14.9. The average molecular weight is 287 g/mol. The number of benzene rings is 1. The van der Waals surface area contributed by atoms with E-state index >= 15 is 0 Å². The smallest absolute Gasteiger partial charge is 0.0536 e. The van der Waals surface area contributed by atoms with Gasteiger partial charge in [0.1, 0.15) is 0 Å². The molecule has 21 heavy (non-hydrogen) atoms. The highest BCUT2D eigenvalue weighted by molar-refractivity contribution is 5.57. The number of nitrogens with two attached hydrogens (primary N) is 1. The van der Waals surface area contributed by atoms with Gasteiger partial charge in [-0.2, -0.15) is 0 Å². The minimum absolute atomic E-state index is 0.167. The SMILES string of the molecule is CCN1CCCC(CN)(N2CCCc3ccccc32)CC1. The van der Waals surface area contributed by atoms with Crippen LogP contribution < -0.4 is 10.6 Å². The van der Waals surface area contributed by atoms with Crippen LogP contribution in [0.1, 0.15) is 38.2 Å². The number of aryl methyl sites for hydroxylation is 1. The molecule has 3 rings (SSSR count). The molecular weight excluding hydrogens is 258 g/mol. The Morgan fingerprint density at radius 1 is 1.10 bits per heavy atom. The molecule has 3 nitrogen and oxygen atoms in total. The molecule has 1 saturated heterocycles. The third-order valence-electron chi connectivity index (χ3n) is 5.52. The maximum absolute atomic E-state index is 6.32. The molecule has 2 aliphatic heterocycles. The van der Waals surface area contributed by atoms with E-state index in [-0.39, 0.29) is 5.54 Å². The molecular formula is C18H29N3. The van der Waals surface area contributed by atoms with Crippen molar-refractivity contribution in [3.05, 3.63) is 29.8 Å². The third kappa shape index (κ3) is 2.82. The Bertz CT molecular complexity index is 473. The largest absolute Gasteiger partial charge is 0.364 e. The van der Waals surface area contributed by atoms with Gasteiger partial charge in [0.15, 0.2) is 0 Å². The van der Waals surface area contributed by atoms with Gasteiger partial charge in [-0.3, -0.25) is 0 Å². The van der Waals surface area contributed by atoms with Gasteiger partial charge in [0, 0.05) is 25.3 Å². The molecule has 0 bridgehead atoms. The summed E-state index contributed by atoms with van der Waals surface area (Å²) in [6.45, 7) is 7.79. The van der Waals surface area contributed by atoms with E-state index in [2.05, 4.69) is 41.0 Å². The standard InChI is InChI=1S/C18H29N3/c1-2-20-12-6-10-18(15-19,11-14-20)21-13-5-8-16-7-3-4-9-17(16)21/h3-4,7,9H,2,5-6,8,10-15,19H2,1H3. The van der Waals surface area contributed by atoms with Crippen molar-refractivity contribution in [2.24, 2.45) is 5.73 Å². The zero-order chi connectivity index (χ0) is 14.7. The Morgan fingerprint density at radius 2 is 1.95 bits per heavy atom. The number of anilines is 1. The van der Waals surface area contributed by atoms with Crippen molar-refractivity contribution in [1.82, 2.24) is 4.90 Å². The van der Waals surface area contributed by atoms with Gasteiger partial charge in [-0.15, -0.1) is 0 Å². The fraction of sp³-hybridized carbons (Fsp3) is 0.667. The average Bonchev–Trinajstić information content (AvgIpc) is 2.77. The van der Waals surface area contributed by atoms with E-state index in [1.54, 1.807) is 0 Å². The zero-order valence-corrected chi connectivity index (χ0v) is 13.4. The van der Waals surface area contributed by atoms with Crippen LogP contribution in [0.4, 0.5) is 5.69 Å². The van der Waals surface area contributed by atoms with Crippen LogP contribution in [0.15, 0.2) is 24.3 Å². The fourth-order valence-electron chi connectivity index (χ4n) is 4.16. The third-order valence-corrected chi connectivity index (χ3v) is 5.52. The Balaban J connectivity index is 1.89.